The van der Waals surface area contributed by atoms with Crippen molar-refractivity contribution in [3.05, 3.63) is 72.1 Å². The van der Waals surface area contributed by atoms with Gasteiger partial charge in [-0.15, -0.1) is 0 Å². The Kier molecular flexibility index (Phi) is 3.28. The van der Waals surface area contributed by atoms with Crippen molar-refractivity contribution < 1.29 is 14.6 Å². The van der Waals surface area contributed by atoms with E-state index in [1.54, 1.807) is 6.08 Å². The van der Waals surface area contributed by atoms with Gasteiger partial charge in [0.25, 0.3) is 0 Å². The highest BCUT2D eigenvalue weighted by molar-refractivity contribution is 5.22. The zero-order valence-corrected chi connectivity index (χ0v) is 8.67. The Morgan fingerprint density at radius 1 is 1.06 bits per heavy atom. The first kappa shape index (κ1) is 10.4. The van der Waals surface area contributed by atoms with E-state index in [0.717, 1.165) is 5.56 Å². The maximum absolute atomic E-state index is 9.15. The molecule has 0 bridgehead atoms. The lowest BCUT2D eigenvalue weighted by molar-refractivity contribution is 0.197. The molecule has 1 heterocycles. The third-order valence-corrected chi connectivity index (χ3v) is 2.04. The second kappa shape index (κ2) is 5.07. The molecule has 0 aliphatic carbocycles. The molecular formula is C13H12O3. The summed E-state index contributed by atoms with van der Waals surface area (Å²) >= 11 is 0. The highest BCUT2D eigenvalue weighted by Gasteiger charge is 1.99. The number of ether oxygens (including phenoxy) is 2. The van der Waals surface area contributed by atoms with E-state index in [2.05, 4.69) is 0 Å². The average Bonchev–Trinajstić information content (AvgIpc) is 2.53. The molecule has 0 saturated carbocycles. The monoisotopic (exact) mass is 216 g/mol. The topological polar surface area (TPSA) is 38.7 Å². The Labute approximate surface area is 93.9 Å². The van der Waals surface area contributed by atoms with Crippen LogP contribution in [0.1, 0.15) is 5.56 Å². The fourth-order valence-electron chi connectivity index (χ4n) is 1.24. The molecule has 3 heteroatoms. The molecule has 1 aliphatic heterocycles. The number of aliphatic hydroxyl groups excluding tert-OH is 1. The van der Waals surface area contributed by atoms with Gasteiger partial charge in [-0.25, -0.2) is 0 Å². The fourth-order valence-corrected chi connectivity index (χ4v) is 1.24. The molecule has 1 N–H and O–H groups in total. The van der Waals surface area contributed by atoms with Crippen LogP contribution in [0.3, 0.4) is 0 Å². The molecule has 0 atom stereocenters. The maximum atomic E-state index is 9.15. The zero-order chi connectivity index (χ0) is 11.2. The third-order valence-electron chi connectivity index (χ3n) is 2.04. The summed E-state index contributed by atoms with van der Waals surface area (Å²) in [4.78, 5) is 0. The van der Waals surface area contributed by atoms with Gasteiger partial charge in [0.05, 0.1) is 0 Å². The second-order valence-electron chi connectivity index (χ2n) is 3.31. The van der Waals surface area contributed by atoms with Crippen molar-refractivity contribution in [3.8, 4) is 0 Å². The smallest absolute Gasteiger partial charge is 0.154 e. The van der Waals surface area contributed by atoms with Crippen LogP contribution in [-0.4, -0.2) is 5.11 Å². The lowest BCUT2D eigenvalue weighted by Gasteiger charge is -2.05. The van der Waals surface area contributed by atoms with Gasteiger partial charge in [0.2, 0.25) is 0 Å². The molecule has 0 unspecified atom stereocenters. The summed E-state index contributed by atoms with van der Waals surface area (Å²) in [6, 6.07) is 9.84. The van der Waals surface area contributed by atoms with Crippen LogP contribution in [0.5, 0.6) is 0 Å². The molecule has 1 aromatic carbocycles. The predicted octanol–water partition coefficient (Wildman–Crippen LogP) is 3.03. The maximum Gasteiger partial charge on any atom is 0.154 e. The summed E-state index contributed by atoms with van der Waals surface area (Å²) in [5.74, 6) is 0.638. The van der Waals surface area contributed by atoms with Crippen molar-refractivity contribution in [1.82, 2.24) is 0 Å². The van der Waals surface area contributed by atoms with Crippen LogP contribution in [0.4, 0.5) is 0 Å². The molecule has 3 nitrogen and oxygen atoms in total. The molecular weight excluding hydrogens is 204 g/mol. The minimum absolute atomic E-state index is 0.0644. The van der Waals surface area contributed by atoms with Crippen molar-refractivity contribution in [2.24, 2.45) is 0 Å². The average molecular weight is 216 g/mol. The van der Waals surface area contributed by atoms with Crippen LogP contribution in [0.2, 0.25) is 0 Å². The van der Waals surface area contributed by atoms with Crippen molar-refractivity contribution in [2.75, 3.05) is 0 Å². The van der Waals surface area contributed by atoms with E-state index in [9.17, 15) is 0 Å². The Bertz CT molecular complexity index is 430. The minimum atomic E-state index is 0.0644. The third kappa shape index (κ3) is 2.92. The quantitative estimate of drug-likeness (QED) is 0.844. The summed E-state index contributed by atoms with van der Waals surface area (Å²) in [6.45, 7) is 0.473. The van der Waals surface area contributed by atoms with E-state index in [1.165, 1.54) is 18.6 Å². The Morgan fingerprint density at radius 3 is 2.69 bits per heavy atom. The molecule has 0 spiro atoms. The van der Waals surface area contributed by atoms with Crippen molar-refractivity contribution in [1.29, 1.82) is 0 Å². The summed E-state index contributed by atoms with van der Waals surface area (Å²) < 4.78 is 10.4. The summed E-state index contributed by atoms with van der Waals surface area (Å²) in [5, 5.41) is 9.15. The van der Waals surface area contributed by atoms with E-state index >= 15 is 0 Å². The molecule has 0 radical (unpaired) electrons. The summed E-state index contributed by atoms with van der Waals surface area (Å²) in [7, 11) is 0. The molecule has 0 amide bonds. The molecule has 0 aromatic heterocycles. The molecule has 2 rings (SSSR count). The van der Waals surface area contributed by atoms with Gasteiger partial charge < -0.3 is 14.6 Å². The van der Waals surface area contributed by atoms with Gasteiger partial charge in [0.15, 0.2) is 11.5 Å². The Morgan fingerprint density at radius 2 is 1.88 bits per heavy atom. The number of hydrogen-bond acceptors (Lipinski definition) is 3. The SMILES string of the molecule is OC1=COC=C(OCc2ccccc2)C=C1. The van der Waals surface area contributed by atoms with E-state index in [0.29, 0.717) is 12.4 Å². The molecule has 82 valence electrons. The van der Waals surface area contributed by atoms with E-state index in [4.69, 9.17) is 14.6 Å². The van der Waals surface area contributed by atoms with Gasteiger partial charge in [-0.2, -0.15) is 0 Å². The van der Waals surface area contributed by atoms with Crippen LogP contribution < -0.4 is 0 Å². The van der Waals surface area contributed by atoms with Crippen LogP contribution in [0.25, 0.3) is 0 Å². The van der Waals surface area contributed by atoms with Gasteiger partial charge in [0, 0.05) is 0 Å². The predicted molar refractivity (Wildman–Crippen MR) is 60.3 cm³/mol. The number of hydrogen-bond donors (Lipinski definition) is 1. The van der Waals surface area contributed by atoms with Gasteiger partial charge in [0.1, 0.15) is 19.1 Å². The Hall–Kier alpha value is -2.16. The first-order chi connectivity index (χ1) is 7.84. The van der Waals surface area contributed by atoms with Crippen LogP contribution >= 0.6 is 0 Å². The highest BCUT2D eigenvalue weighted by Crippen LogP contribution is 2.11. The van der Waals surface area contributed by atoms with Crippen molar-refractivity contribution in [2.45, 2.75) is 6.61 Å². The summed E-state index contributed by atoms with van der Waals surface area (Å²) in [5.41, 5.74) is 1.08. The lowest BCUT2D eigenvalue weighted by atomic mass is 10.2. The van der Waals surface area contributed by atoms with Gasteiger partial charge in [-0.3, -0.25) is 0 Å². The first-order valence-corrected chi connectivity index (χ1v) is 4.94. The van der Waals surface area contributed by atoms with Gasteiger partial charge >= 0.3 is 0 Å². The standard InChI is InChI=1S/C13H12O3/c14-12-6-7-13(10-15-9-12)16-8-11-4-2-1-3-5-11/h1-7,9-10,14H,8H2. The lowest BCUT2D eigenvalue weighted by Crippen LogP contribution is -1.91. The number of allylic oxidation sites excluding steroid dienone is 2. The molecule has 0 fully saturated rings. The zero-order valence-electron chi connectivity index (χ0n) is 8.67. The first-order valence-electron chi connectivity index (χ1n) is 4.94. The van der Waals surface area contributed by atoms with Gasteiger partial charge in [-0.1, -0.05) is 30.3 Å². The van der Waals surface area contributed by atoms with Crippen LogP contribution in [0, 0.1) is 0 Å². The molecule has 16 heavy (non-hydrogen) atoms. The normalized spacial score (nSPS) is 14.5. The second-order valence-corrected chi connectivity index (χ2v) is 3.31. The summed E-state index contributed by atoms with van der Waals surface area (Å²) in [6.07, 6.45) is 5.86. The molecule has 0 saturated heterocycles. The fraction of sp³-hybridized carbons (Fsp3) is 0.0769. The minimum Gasteiger partial charge on any atom is -0.505 e. The van der Waals surface area contributed by atoms with Crippen LogP contribution in [0.15, 0.2) is 66.5 Å². The highest BCUT2D eigenvalue weighted by atomic mass is 16.5. The van der Waals surface area contributed by atoms with Crippen LogP contribution in [-0.2, 0) is 16.1 Å². The van der Waals surface area contributed by atoms with Crippen molar-refractivity contribution >= 4 is 0 Å². The molecule has 1 aliphatic rings. The van der Waals surface area contributed by atoms with Gasteiger partial charge in [-0.05, 0) is 17.7 Å². The number of rotatable bonds is 3. The Balaban J connectivity index is 1.92. The largest absolute Gasteiger partial charge is 0.505 e. The van der Waals surface area contributed by atoms with Crippen molar-refractivity contribution in [3.63, 3.8) is 0 Å². The number of benzene rings is 1. The van der Waals surface area contributed by atoms with E-state index in [-0.39, 0.29) is 5.76 Å². The van der Waals surface area contributed by atoms with E-state index < -0.39 is 0 Å². The number of aliphatic hydroxyl groups is 1. The van der Waals surface area contributed by atoms with E-state index in [1.807, 2.05) is 30.3 Å². The molecule has 1 aromatic rings.